The summed E-state index contributed by atoms with van der Waals surface area (Å²) in [6, 6.07) is 4.13. The predicted molar refractivity (Wildman–Crippen MR) is 76.5 cm³/mol. The molecule has 3 rings (SSSR count). The first-order valence-corrected chi connectivity index (χ1v) is 7.40. The molecule has 2 aliphatic rings. The van der Waals surface area contributed by atoms with E-state index in [0.29, 0.717) is 22.8 Å². The number of rotatable bonds is 4. The molecule has 0 bridgehead atoms. The molecule has 1 unspecified atom stereocenters. The van der Waals surface area contributed by atoms with E-state index in [1.165, 1.54) is 18.4 Å². The van der Waals surface area contributed by atoms with Crippen LogP contribution in [-0.4, -0.2) is 26.3 Å². The van der Waals surface area contributed by atoms with Crippen LogP contribution in [0.3, 0.4) is 0 Å². The van der Waals surface area contributed by atoms with Crippen LogP contribution in [0.15, 0.2) is 12.1 Å². The maximum atomic E-state index is 6.38. The maximum Gasteiger partial charge on any atom is 0.180 e. The highest BCUT2D eigenvalue weighted by Crippen LogP contribution is 2.42. The van der Waals surface area contributed by atoms with Crippen molar-refractivity contribution < 1.29 is 9.47 Å². The van der Waals surface area contributed by atoms with Gasteiger partial charge < -0.3 is 14.8 Å². The second-order valence-electron chi connectivity index (χ2n) is 5.39. The maximum absolute atomic E-state index is 6.38. The van der Waals surface area contributed by atoms with Gasteiger partial charge in [0.05, 0.1) is 18.2 Å². The molecule has 4 heteroatoms. The molecule has 1 saturated heterocycles. The monoisotopic (exact) mass is 281 g/mol. The third-order valence-corrected chi connectivity index (χ3v) is 4.11. The van der Waals surface area contributed by atoms with Crippen LogP contribution in [-0.2, 0) is 0 Å². The van der Waals surface area contributed by atoms with Crippen molar-refractivity contribution in [3.63, 3.8) is 0 Å². The zero-order valence-electron chi connectivity index (χ0n) is 11.2. The molecule has 0 aromatic heterocycles. The van der Waals surface area contributed by atoms with E-state index in [0.717, 1.165) is 31.7 Å². The predicted octanol–water partition coefficient (Wildman–Crippen LogP) is 3.36. The van der Waals surface area contributed by atoms with Crippen molar-refractivity contribution in [3.8, 4) is 11.5 Å². The Kier molecular flexibility index (Phi) is 3.85. The van der Waals surface area contributed by atoms with Gasteiger partial charge in [-0.2, -0.15) is 0 Å². The molecule has 1 aliphatic carbocycles. The first-order chi connectivity index (χ1) is 9.28. The summed E-state index contributed by atoms with van der Waals surface area (Å²) >= 11 is 6.38. The van der Waals surface area contributed by atoms with Crippen molar-refractivity contribution in [2.24, 2.45) is 0 Å². The Labute approximate surface area is 119 Å². The van der Waals surface area contributed by atoms with E-state index in [-0.39, 0.29) is 0 Å². The second kappa shape index (κ2) is 5.59. The molecule has 0 radical (unpaired) electrons. The van der Waals surface area contributed by atoms with Crippen LogP contribution in [0.2, 0.25) is 5.02 Å². The van der Waals surface area contributed by atoms with Crippen molar-refractivity contribution in [3.05, 3.63) is 22.7 Å². The van der Waals surface area contributed by atoms with Gasteiger partial charge in [-0.3, -0.25) is 0 Å². The first-order valence-electron chi connectivity index (χ1n) is 7.02. The second-order valence-corrected chi connectivity index (χ2v) is 5.80. The number of hydrogen-bond acceptors (Lipinski definition) is 3. The van der Waals surface area contributed by atoms with Gasteiger partial charge in [-0.1, -0.05) is 11.6 Å². The standard InChI is InChI=1S/C15H20ClNO2/c1-18-14-8-11(10-3-2-6-17-9-10)7-13(16)15(14)19-12-4-5-12/h7-8,10,12,17H,2-6,9H2,1H3. The zero-order chi connectivity index (χ0) is 13.2. The van der Waals surface area contributed by atoms with Crippen LogP contribution in [0.5, 0.6) is 11.5 Å². The quantitative estimate of drug-likeness (QED) is 0.918. The van der Waals surface area contributed by atoms with Crippen LogP contribution >= 0.6 is 11.6 Å². The normalized spacial score (nSPS) is 23.2. The van der Waals surface area contributed by atoms with Crippen molar-refractivity contribution in [2.45, 2.75) is 37.7 Å². The summed E-state index contributed by atoms with van der Waals surface area (Å²) in [5.74, 6) is 1.99. The molecule has 1 atom stereocenters. The number of ether oxygens (including phenoxy) is 2. The summed E-state index contributed by atoms with van der Waals surface area (Å²) in [7, 11) is 1.67. The van der Waals surface area contributed by atoms with E-state index in [1.807, 2.05) is 6.07 Å². The molecule has 1 N–H and O–H groups in total. The van der Waals surface area contributed by atoms with Crippen LogP contribution in [0.25, 0.3) is 0 Å². The molecule has 1 heterocycles. The minimum Gasteiger partial charge on any atom is -0.493 e. The van der Waals surface area contributed by atoms with Gasteiger partial charge in [0, 0.05) is 6.54 Å². The Hall–Kier alpha value is -0.930. The Bertz CT molecular complexity index is 454. The third kappa shape index (κ3) is 2.98. The Morgan fingerprint density at radius 1 is 1.26 bits per heavy atom. The molecular formula is C15H20ClNO2. The molecule has 1 aromatic carbocycles. The van der Waals surface area contributed by atoms with Crippen LogP contribution < -0.4 is 14.8 Å². The largest absolute Gasteiger partial charge is 0.493 e. The summed E-state index contributed by atoms with van der Waals surface area (Å²) in [6.07, 6.45) is 4.98. The Morgan fingerprint density at radius 2 is 2.11 bits per heavy atom. The van der Waals surface area contributed by atoms with Crippen LogP contribution in [0.4, 0.5) is 0 Å². The lowest BCUT2D eigenvalue weighted by molar-refractivity contribution is 0.282. The molecule has 3 nitrogen and oxygen atoms in total. The van der Waals surface area contributed by atoms with Crippen molar-refractivity contribution in [2.75, 3.05) is 20.2 Å². The molecule has 0 spiro atoms. The fraction of sp³-hybridized carbons (Fsp3) is 0.600. The van der Waals surface area contributed by atoms with Crippen molar-refractivity contribution >= 4 is 11.6 Å². The average Bonchev–Trinajstić information content (AvgIpc) is 3.26. The van der Waals surface area contributed by atoms with E-state index in [9.17, 15) is 0 Å². The number of hydrogen-bond donors (Lipinski definition) is 1. The van der Waals surface area contributed by atoms with Crippen LogP contribution in [0, 0.1) is 0 Å². The van der Waals surface area contributed by atoms with Crippen molar-refractivity contribution in [1.82, 2.24) is 5.32 Å². The lowest BCUT2D eigenvalue weighted by atomic mass is 9.91. The first kappa shape index (κ1) is 13.1. The average molecular weight is 282 g/mol. The molecule has 1 aliphatic heterocycles. The van der Waals surface area contributed by atoms with Gasteiger partial charge in [-0.25, -0.2) is 0 Å². The Balaban J connectivity index is 1.86. The fourth-order valence-electron chi connectivity index (χ4n) is 2.58. The van der Waals surface area contributed by atoms with Gasteiger partial charge in [0.1, 0.15) is 0 Å². The van der Waals surface area contributed by atoms with Crippen molar-refractivity contribution in [1.29, 1.82) is 0 Å². The molecular weight excluding hydrogens is 262 g/mol. The topological polar surface area (TPSA) is 30.5 Å². The lowest BCUT2D eigenvalue weighted by Crippen LogP contribution is -2.28. The smallest absolute Gasteiger partial charge is 0.180 e. The Morgan fingerprint density at radius 3 is 2.74 bits per heavy atom. The lowest BCUT2D eigenvalue weighted by Gasteiger charge is -2.24. The fourth-order valence-corrected chi connectivity index (χ4v) is 2.84. The SMILES string of the molecule is COc1cc(C2CCCNC2)cc(Cl)c1OC1CC1. The summed E-state index contributed by atoms with van der Waals surface area (Å²) in [5.41, 5.74) is 1.25. The van der Waals surface area contributed by atoms with E-state index < -0.39 is 0 Å². The summed E-state index contributed by atoms with van der Waals surface area (Å²) in [6.45, 7) is 2.13. The summed E-state index contributed by atoms with van der Waals surface area (Å²) in [4.78, 5) is 0. The van der Waals surface area contributed by atoms with Gasteiger partial charge in [0.2, 0.25) is 0 Å². The van der Waals surface area contributed by atoms with E-state index in [4.69, 9.17) is 21.1 Å². The van der Waals surface area contributed by atoms with E-state index in [2.05, 4.69) is 11.4 Å². The van der Waals surface area contributed by atoms with Gasteiger partial charge in [-0.15, -0.1) is 0 Å². The number of piperidine rings is 1. The molecule has 2 fully saturated rings. The highest BCUT2D eigenvalue weighted by molar-refractivity contribution is 6.32. The van der Waals surface area contributed by atoms with Gasteiger partial charge >= 0.3 is 0 Å². The van der Waals surface area contributed by atoms with E-state index in [1.54, 1.807) is 7.11 Å². The van der Waals surface area contributed by atoms with E-state index >= 15 is 0 Å². The number of benzene rings is 1. The van der Waals surface area contributed by atoms with Crippen LogP contribution in [0.1, 0.15) is 37.2 Å². The molecule has 1 saturated carbocycles. The zero-order valence-corrected chi connectivity index (χ0v) is 12.0. The minimum atomic E-state index is 0.327. The molecule has 0 amide bonds. The summed E-state index contributed by atoms with van der Waals surface area (Å²) < 4.78 is 11.3. The summed E-state index contributed by atoms with van der Waals surface area (Å²) in [5, 5.41) is 4.10. The van der Waals surface area contributed by atoms with Gasteiger partial charge in [-0.05, 0) is 55.8 Å². The highest BCUT2D eigenvalue weighted by Gasteiger charge is 2.27. The highest BCUT2D eigenvalue weighted by atomic mass is 35.5. The molecule has 1 aromatic rings. The minimum absolute atomic E-state index is 0.327. The van der Waals surface area contributed by atoms with Gasteiger partial charge in [0.15, 0.2) is 11.5 Å². The third-order valence-electron chi connectivity index (χ3n) is 3.83. The number of methoxy groups -OCH3 is 1. The number of nitrogens with one attached hydrogen (secondary N) is 1. The molecule has 19 heavy (non-hydrogen) atoms. The number of halogens is 1. The van der Waals surface area contributed by atoms with Gasteiger partial charge in [0.25, 0.3) is 0 Å². The molecule has 104 valence electrons.